The lowest BCUT2D eigenvalue weighted by molar-refractivity contribution is -0.140. The minimum absolute atomic E-state index is 0.257. The number of carbonyl (C=O) groups is 2. The predicted octanol–water partition coefficient (Wildman–Crippen LogP) is 1.27. The maximum Gasteiger partial charge on any atom is 0.305 e. The fourth-order valence-corrected chi connectivity index (χ4v) is 1.22. The molecule has 0 bridgehead atoms. The van der Waals surface area contributed by atoms with Gasteiger partial charge in [0.1, 0.15) is 0 Å². The van der Waals surface area contributed by atoms with Crippen LogP contribution in [0.4, 0.5) is 0 Å². The fraction of sp³-hybridized carbons (Fsp3) is 0.455. The van der Waals surface area contributed by atoms with Crippen molar-refractivity contribution in [2.45, 2.75) is 19.8 Å². The van der Waals surface area contributed by atoms with Crippen LogP contribution in [-0.2, 0) is 9.53 Å². The molecule has 1 N–H and O–H groups in total. The Hall–Kier alpha value is -1.78. The molecule has 0 aliphatic carbocycles. The van der Waals surface area contributed by atoms with Crippen LogP contribution in [-0.4, -0.2) is 25.5 Å². The Bertz CT molecular complexity index is 370. The Labute approximate surface area is 93.8 Å². The third-order valence-electron chi connectivity index (χ3n) is 2.14. The van der Waals surface area contributed by atoms with Gasteiger partial charge in [0, 0.05) is 18.5 Å². The standard InChI is InChI=1S/C11H15NO4/c1-8-5-7-16-10(8)11(14)12-6-3-4-9(13)15-2/h5,7H,3-4,6H2,1-2H3,(H,12,14). The minimum atomic E-state index is -0.275. The van der Waals surface area contributed by atoms with Gasteiger partial charge in [-0.15, -0.1) is 0 Å². The number of hydrogen-bond donors (Lipinski definition) is 1. The summed E-state index contributed by atoms with van der Waals surface area (Å²) >= 11 is 0. The molecule has 1 heterocycles. The van der Waals surface area contributed by atoms with Crippen LogP contribution >= 0.6 is 0 Å². The molecule has 0 aliphatic heterocycles. The average Bonchev–Trinajstić information content (AvgIpc) is 2.70. The van der Waals surface area contributed by atoms with E-state index >= 15 is 0 Å². The van der Waals surface area contributed by atoms with Crippen LogP contribution in [0.1, 0.15) is 29.0 Å². The highest BCUT2D eigenvalue weighted by Crippen LogP contribution is 2.07. The van der Waals surface area contributed by atoms with Crippen molar-refractivity contribution in [3.8, 4) is 0 Å². The van der Waals surface area contributed by atoms with Crippen LogP contribution in [0.25, 0.3) is 0 Å². The van der Waals surface area contributed by atoms with E-state index in [0.717, 1.165) is 5.56 Å². The molecule has 1 aromatic rings. The highest BCUT2D eigenvalue weighted by atomic mass is 16.5. The van der Waals surface area contributed by atoms with E-state index in [9.17, 15) is 9.59 Å². The molecule has 0 saturated heterocycles. The quantitative estimate of drug-likeness (QED) is 0.605. The zero-order valence-electron chi connectivity index (χ0n) is 9.41. The number of nitrogens with one attached hydrogen (secondary N) is 1. The molecule has 0 radical (unpaired) electrons. The van der Waals surface area contributed by atoms with Gasteiger partial charge in [-0.25, -0.2) is 0 Å². The normalized spacial score (nSPS) is 9.88. The van der Waals surface area contributed by atoms with Crippen LogP contribution in [0.5, 0.6) is 0 Å². The first-order valence-corrected chi connectivity index (χ1v) is 5.04. The largest absolute Gasteiger partial charge is 0.469 e. The molecule has 0 saturated carbocycles. The summed E-state index contributed by atoms with van der Waals surface area (Å²) in [5.41, 5.74) is 0.797. The van der Waals surface area contributed by atoms with Gasteiger partial charge in [0.15, 0.2) is 5.76 Å². The summed E-state index contributed by atoms with van der Waals surface area (Å²) in [6.07, 6.45) is 2.32. The Morgan fingerprint density at radius 2 is 2.25 bits per heavy atom. The van der Waals surface area contributed by atoms with Gasteiger partial charge in [-0.1, -0.05) is 0 Å². The Balaban J connectivity index is 2.26. The second kappa shape index (κ2) is 5.95. The van der Waals surface area contributed by atoms with Crippen molar-refractivity contribution in [2.24, 2.45) is 0 Å². The van der Waals surface area contributed by atoms with Gasteiger partial charge < -0.3 is 14.5 Å². The van der Waals surface area contributed by atoms with Crippen LogP contribution in [0.15, 0.2) is 16.7 Å². The number of ether oxygens (including phenoxy) is 1. The Morgan fingerprint density at radius 1 is 1.50 bits per heavy atom. The second-order valence-corrected chi connectivity index (χ2v) is 3.37. The van der Waals surface area contributed by atoms with E-state index in [2.05, 4.69) is 10.1 Å². The number of carbonyl (C=O) groups excluding carboxylic acids is 2. The summed E-state index contributed by atoms with van der Waals surface area (Å²) in [6, 6.07) is 1.73. The molecule has 0 aliphatic rings. The van der Waals surface area contributed by atoms with Crippen molar-refractivity contribution in [1.29, 1.82) is 0 Å². The van der Waals surface area contributed by atoms with Gasteiger partial charge in [0.2, 0.25) is 0 Å². The lowest BCUT2D eigenvalue weighted by Crippen LogP contribution is -2.25. The lowest BCUT2D eigenvalue weighted by Gasteiger charge is -2.03. The van der Waals surface area contributed by atoms with Crippen LogP contribution in [0.2, 0.25) is 0 Å². The van der Waals surface area contributed by atoms with Crippen LogP contribution in [0, 0.1) is 6.92 Å². The topological polar surface area (TPSA) is 68.5 Å². The Kier molecular flexibility index (Phi) is 4.57. The van der Waals surface area contributed by atoms with Crippen LogP contribution in [0.3, 0.4) is 0 Å². The smallest absolute Gasteiger partial charge is 0.305 e. The molecule has 0 unspecified atom stereocenters. The summed E-state index contributed by atoms with van der Waals surface area (Å²) in [6.45, 7) is 2.22. The molecule has 1 aromatic heterocycles. The van der Waals surface area contributed by atoms with Gasteiger partial charge in [-0.2, -0.15) is 0 Å². The number of aryl methyl sites for hydroxylation is 1. The number of hydrogen-bond acceptors (Lipinski definition) is 4. The van der Waals surface area contributed by atoms with Gasteiger partial charge in [0.05, 0.1) is 13.4 Å². The second-order valence-electron chi connectivity index (χ2n) is 3.37. The summed E-state index contributed by atoms with van der Waals surface area (Å²) in [5.74, 6) is -0.214. The third-order valence-corrected chi connectivity index (χ3v) is 2.14. The molecule has 5 nitrogen and oxygen atoms in total. The molecular weight excluding hydrogens is 210 g/mol. The lowest BCUT2D eigenvalue weighted by atomic mass is 10.2. The SMILES string of the molecule is COC(=O)CCCNC(=O)c1occc1C. The van der Waals surface area contributed by atoms with Gasteiger partial charge >= 0.3 is 5.97 Å². The van der Waals surface area contributed by atoms with E-state index in [1.54, 1.807) is 13.0 Å². The molecule has 1 rings (SSSR count). The molecule has 5 heteroatoms. The average molecular weight is 225 g/mol. The maximum atomic E-state index is 11.5. The molecular formula is C11H15NO4. The molecule has 16 heavy (non-hydrogen) atoms. The minimum Gasteiger partial charge on any atom is -0.469 e. The van der Waals surface area contributed by atoms with Crippen molar-refractivity contribution < 1.29 is 18.7 Å². The van der Waals surface area contributed by atoms with Gasteiger partial charge in [0.25, 0.3) is 5.91 Å². The van der Waals surface area contributed by atoms with Crippen molar-refractivity contribution in [3.05, 3.63) is 23.7 Å². The van der Waals surface area contributed by atoms with Gasteiger partial charge in [-0.3, -0.25) is 9.59 Å². The maximum absolute atomic E-state index is 11.5. The van der Waals surface area contributed by atoms with Crippen molar-refractivity contribution in [2.75, 3.05) is 13.7 Å². The number of amides is 1. The zero-order valence-corrected chi connectivity index (χ0v) is 9.41. The third kappa shape index (κ3) is 3.42. The number of methoxy groups -OCH3 is 1. The van der Waals surface area contributed by atoms with E-state index in [1.165, 1.54) is 13.4 Å². The first-order chi connectivity index (χ1) is 7.65. The van der Waals surface area contributed by atoms with Crippen molar-refractivity contribution in [3.63, 3.8) is 0 Å². The summed E-state index contributed by atoms with van der Waals surface area (Å²) in [7, 11) is 1.34. The monoisotopic (exact) mass is 225 g/mol. The molecule has 0 atom stereocenters. The van der Waals surface area contributed by atoms with Crippen LogP contribution < -0.4 is 5.32 Å². The van der Waals surface area contributed by atoms with E-state index < -0.39 is 0 Å². The van der Waals surface area contributed by atoms with Crippen molar-refractivity contribution in [1.82, 2.24) is 5.32 Å². The molecule has 88 valence electrons. The molecule has 1 amide bonds. The molecule has 0 fully saturated rings. The first-order valence-electron chi connectivity index (χ1n) is 5.04. The van der Waals surface area contributed by atoms with Gasteiger partial charge in [-0.05, 0) is 19.4 Å². The van der Waals surface area contributed by atoms with E-state index in [4.69, 9.17) is 4.42 Å². The highest BCUT2D eigenvalue weighted by Gasteiger charge is 2.11. The first kappa shape index (κ1) is 12.3. The van der Waals surface area contributed by atoms with E-state index in [0.29, 0.717) is 25.1 Å². The summed E-state index contributed by atoms with van der Waals surface area (Å²) < 4.78 is 9.50. The zero-order chi connectivity index (χ0) is 12.0. The Morgan fingerprint density at radius 3 is 2.81 bits per heavy atom. The molecule has 0 aromatic carbocycles. The predicted molar refractivity (Wildman–Crippen MR) is 57.0 cm³/mol. The number of furan rings is 1. The van der Waals surface area contributed by atoms with E-state index in [1.807, 2.05) is 0 Å². The van der Waals surface area contributed by atoms with E-state index in [-0.39, 0.29) is 11.9 Å². The fourth-order valence-electron chi connectivity index (χ4n) is 1.22. The highest BCUT2D eigenvalue weighted by molar-refractivity contribution is 5.92. The summed E-state index contributed by atoms with van der Waals surface area (Å²) in [4.78, 5) is 22.3. The van der Waals surface area contributed by atoms with Crippen molar-refractivity contribution >= 4 is 11.9 Å². The molecule has 0 spiro atoms. The number of rotatable bonds is 5. The number of esters is 1. The summed E-state index contributed by atoms with van der Waals surface area (Å²) in [5, 5.41) is 2.66.